The van der Waals surface area contributed by atoms with Crippen LogP contribution in [-0.4, -0.2) is 10.7 Å². The van der Waals surface area contributed by atoms with Crippen LogP contribution in [-0.2, 0) is 13.1 Å². The summed E-state index contributed by atoms with van der Waals surface area (Å²) in [6.07, 6.45) is 4.06. The van der Waals surface area contributed by atoms with Crippen LogP contribution >= 0.6 is 0 Å². The minimum atomic E-state index is -2.33. The van der Waals surface area contributed by atoms with Crippen molar-refractivity contribution in [2.24, 2.45) is 0 Å². The molecule has 0 atom stereocenters. The molecule has 0 saturated heterocycles. The molecule has 0 aliphatic rings. The van der Waals surface area contributed by atoms with Crippen LogP contribution in [0.3, 0.4) is 0 Å². The van der Waals surface area contributed by atoms with Crippen molar-refractivity contribution in [1.82, 2.24) is 4.57 Å². The molecule has 2 aromatic carbocycles. The Labute approximate surface area is 136 Å². The molecule has 1 aromatic heterocycles. The zero-order valence-electron chi connectivity index (χ0n) is 13.5. The van der Waals surface area contributed by atoms with Crippen molar-refractivity contribution in [2.75, 3.05) is 0 Å². The molecule has 1 heterocycles. The van der Waals surface area contributed by atoms with Crippen LogP contribution in [0.15, 0.2) is 79.4 Å². The molecule has 0 amide bonds. The third-order valence-electron chi connectivity index (χ3n) is 3.16. The quantitative estimate of drug-likeness (QED) is 0.660. The number of hydrogen-bond acceptors (Lipinski definition) is 3. The lowest BCUT2D eigenvalue weighted by Crippen LogP contribution is -2.37. The van der Waals surface area contributed by atoms with E-state index in [9.17, 15) is 0 Å². The SMILES string of the molecule is O=C([O-])[O-].[H+].c1ccc(Cn2cc[n+](Cc3ccccc3)c2)cc1. The van der Waals surface area contributed by atoms with E-state index in [2.05, 4.69) is 88.5 Å². The zero-order chi connectivity index (χ0) is 16.5. The van der Waals surface area contributed by atoms with Crippen LogP contribution in [0, 0.1) is 0 Å². The van der Waals surface area contributed by atoms with Gasteiger partial charge in [-0.15, -0.1) is 0 Å². The van der Waals surface area contributed by atoms with Gasteiger partial charge in [-0.3, -0.25) is 0 Å². The molecule has 0 aliphatic carbocycles. The van der Waals surface area contributed by atoms with Gasteiger partial charge < -0.3 is 15.0 Å². The van der Waals surface area contributed by atoms with E-state index in [-0.39, 0.29) is 1.43 Å². The highest BCUT2D eigenvalue weighted by Crippen LogP contribution is 2.02. The van der Waals surface area contributed by atoms with E-state index in [0.29, 0.717) is 0 Å². The van der Waals surface area contributed by atoms with Gasteiger partial charge in [0.05, 0.1) is 0 Å². The second-order valence-electron chi connectivity index (χ2n) is 4.98. The molecule has 5 nitrogen and oxygen atoms in total. The summed E-state index contributed by atoms with van der Waals surface area (Å²) in [6.45, 7) is 1.84. The fourth-order valence-corrected chi connectivity index (χ4v) is 2.21. The highest BCUT2D eigenvalue weighted by molar-refractivity contribution is 5.47. The molecule has 0 radical (unpaired) electrons. The van der Waals surface area contributed by atoms with E-state index in [4.69, 9.17) is 15.0 Å². The second-order valence-corrected chi connectivity index (χ2v) is 4.98. The predicted octanol–water partition coefficient (Wildman–Crippen LogP) is 0.538. The largest absolute Gasteiger partial charge is 1.00 e. The summed E-state index contributed by atoms with van der Waals surface area (Å²) < 4.78 is 4.41. The van der Waals surface area contributed by atoms with Crippen LogP contribution in [0.1, 0.15) is 12.6 Å². The van der Waals surface area contributed by atoms with Gasteiger partial charge in [0, 0.05) is 0 Å². The van der Waals surface area contributed by atoms with Crippen molar-refractivity contribution in [1.29, 1.82) is 0 Å². The van der Waals surface area contributed by atoms with Crippen molar-refractivity contribution in [2.45, 2.75) is 13.1 Å². The molecular formula is C18H18N2O3. The van der Waals surface area contributed by atoms with Crippen LogP contribution in [0.25, 0.3) is 0 Å². The average Bonchev–Trinajstić information content (AvgIpc) is 2.96. The van der Waals surface area contributed by atoms with Crippen LogP contribution in [0.5, 0.6) is 0 Å². The molecule has 0 saturated carbocycles. The van der Waals surface area contributed by atoms with E-state index in [0.717, 1.165) is 13.1 Å². The number of carbonyl (C=O) groups is 1. The van der Waals surface area contributed by atoms with Crippen LogP contribution in [0.2, 0.25) is 0 Å². The Morgan fingerprint density at radius 2 is 1.48 bits per heavy atom. The molecule has 0 bridgehead atoms. The summed E-state index contributed by atoms with van der Waals surface area (Å²) in [7, 11) is 0. The summed E-state index contributed by atoms with van der Waals surface area (Å²) >= 11 is 0. The lowest BCUT2D eigenvalue weighted by molar-refractivity contribution is -0.687. The molecule has 0 fully saturated rings. The molecule has 3 aromatic rings. The van der Waals surface area contributed by atoms with Gasteiger partial charge >= 0.3 is 1.43 Å². The number of benzene rings is 2. The summed E-state index contributed by atoms with van der Waals surface area (Å²) in [5.74, 6) is 0. The number of carboxylic acid groups (broad SMARTS) is 2. The Morgan fingerprint density at radius 3 is 2.04 bits per heavy atom. The molecule has 0 N–H and O–H groups in total. The molecule has 0 aliphatic heterocycles. The lowest BCUT2D eigenvalue weighted by atomic mass is 10.2. The monoisotopic (exact) mass is 310 g/mol. The highest BCUT2D eigenvalue weighted by Gasteiger charge is 2.04. The Balaban J connectivity index is 0.000000522. The van der Waals surface area contributed by atoms with Gasteiger partial charge in [-0.2, -0.15) is 0 Å². The predicted molar refractivity (Wildman–Crippen MR) is 82.2 cm³/mol. The maximum atomic E-state index is 8.33. The van der Waals surface area contributed by atoms with Gasteiger partial charge in [0.25, 0.3) is 0 Å². The number of hydrogen-bond donors (Lipinski definition) is 0. The normalized spacial score (nSPS) is 9.74. The van der Waals surface area contributed by atoms with E-state index in [1.165, 1.54) is 11.1 Å². The molecule has 118 valence electrons. The number of rotatable bonds is 4. The number of nitrogens with zero attached hydrogens (tertiary/aromatic N) is 2. The smallest absolute Gasteiger partial charge is 0.652 e. The Hall–Kier alpha value is -3.08. The first kappa shape index (κ1) is 16.3. The topological polar surface area (TPSA) is 72.0 Å². The number of aromatic nitrogens is 2. The van der Waals surface area contributed by atoms with E-state index < -0.39 is 6.16 Å². The van der Waals surface area contributed by atoms with Gasteiger partial charge in [0.15, 0.2) is 0 Å². The second kappa shape index (κ2) is 8.38. The molecule has 3 rings (SSSR count). The fourth-order valence-electron chi connectivity index (χ4n) is 2.21. The molecule has 23 heavy (non-hydrogen) atoms. The van der Waals surface area contributed by atoms with Crippen LogP contribution < -0.4 is 14.8 Å². The first-order valence-corrected chi connectivity index (χ1v) is 7.14. The van der Waals surface area contributed by atoms with Gasteiger partial charge in [-0.1, -0.05) is 60.7 Å². The maximum absolute atomic E-state index is 8.33. The molecule has 0 spiro atoms. The number of carbonyl (C=O) groups excluding carboxylic acids is 1. The Kier molecular flexibility index (Phi) is 5.94. The van der Waals surface area contributed by atoms with Crippen molar-refractivity contribution >= 4 is 6.16 Å². The summed E-state index contributed by atoms with van der Waals surface area (Å²) in [5.41, 5.74) is 2.65. The Bertz CT molecular complexity index is 670. The lowest BCUT2D eigenvalue weighted by Gasteiger charge is -1.98. The minimum absolute atomic E-state index is 0. The maximum Gasteiger partial charge on any atom is 1.00 e. The van der Waals surface area contributed by atoms with Crippen LogP contribution in [0.4, 0.5) is 4.79 Å². The van der Waals surface area contributed by atoms with Crippen molar-refractivity contribution < 1.29 is 21.0 Å². The van der Waals surface area contributed by atoms with Gasteiger partial charge in [-0.25, -0.2) is 9.13 Å². The van der Waals surface area contributed by atoms with E-state index >= 15 is 0 Å². The molecule has 0 unspecified atom stereocenters. The Morgan fingerprint density at radius 1 is 0.957 bits per heavy atom. The summed E-state index contributed by atoms with van der Waals surface area (Å²) in [4.78, 5) is 8.33. The minimum Gasteiger partial charge on any atom is -0.652 e. The van der Waals surface area contributed by atoms with Gasteiger partial charge in [-0.05, 0) is 17.3 Å². The van der Waals surface area contributed by atoms with E-state index in [1.807, 2.05) is 0 Å². The highest BCUT2D eigenvalue weighted by atomic mass is 16.6. The first-order valence-electron chi connectivity index (χ1n) is 7.14. The molecular weight excluding hydrogens is 292 g/mol. The van der Waals surface area contributed by atoms with Gasteiger partial charge in [0.2, 0.25) is 6.33 Å². The summed E-state index contributed by atoms with van der Waals surface area (Å²) in [6, 6.07) is 21.0. The van der Waals surface area contributed by atoms with Gasteiger partial charge in [0.1, 0.15) is 25.5 Å². The van der Waals surface area contributed by atoms with E-state index in [1.54, 1.807) is 0 Å². The third-order valence-corrected chi connectivity index (χ3v) is 3.16. The molecule has 5 heteroatoms. The first-order chi connectivity index (χ1) is 11.1. The summed E-state index contributed by atoms with van der Waals surface area (Å²) in [5, 5.41) is 16.7. The fraction of sp³-hybridized carbons (Fsp3) is 0.111. The van der Waals surface area contributed by atoms with Crippen molar-refractivity contribution in [3.05, 3.63) is 90.5 Å². The zero-order valence-corrected chi connectivity index (χ0v) is 12.5. The number of imidazole rings is 1. The standard InChI is InChI=1S/C17H17N2.CH2O3/c1-3-7-16(8-4-1)13-18-11-12-19(15-18)14-17-9-5-2-6-10-17;2-1(3)4/h1-12,15H,13-14H2;(H2,2,3,4)/q+1;/p-1. The third kappa shape index (κ3) is 6.05. The van der Waals surface area contributed by atoms with Crippen molar-refractivity contribution in [3.8, 4) is 0 Å². The average molecular weight is 310 g/mol. The van der Waals surface area contributed by atoms with Crippen molar-refractivity contribution in [3.63, 3.8) is 0 Å².